The SMILES string of the molecule is CN(CC(O)CN1CCOCC1)C(=O)c1c(F)cccc1Cl. The topological polar surface area (TPSA) is 53.0 Å². The van der Waals surface area contributed by atoms with Crippen LogP contribution in [0.5, 0.6) is 0 Å². The van der Waals surface area contributed by atoms with E-state index in [9.17, 15) is 14.3 Å². The fraction of sp³-hybridized carbons (Fsp3) is 0.533. The Morgan fingerprint density at radius 3 is 2.82 bits per heavy atom. The summed E-state index contributed by atoms with van der Waals surface area (Å²) in [4.78, 5) is 15.6. The minimum Gasteiger partial charge on any atom is -0.390 e. The van der Waals surface area contributed by atoms with Gasteiger partial charge >= 0.3 is 0 Å². The molecule has 0 saturated carbocycles. The molecular weight excluding hydrogens is 311 g/mol. The van der Waals surface area contributed by atoms with E-state index in [4.69, 9.17) is 16.3 Å². The van der Waals surface area contributed by atoms with Crippen LogP contribution in [0.15, 0.2) is 18.2 Å². The minimum absolute atomic E-state index is 0.0690. The van der Waals surface area contributed by atoms with Gasteiger partial charge < -0.3 is 14.7 Å². The molecular formula is C15H20ClFN2O3. The molecule has 5 nitrogen and oxygen atoms in total. The number of likely N-dealkylation sites (N-methyl/N-ethyl adjacent to an activating group) is 1. The van der Waals surface area contributed by atoms with E-state index in [0.29, 0.717) is 19.8 Å². The number of ether oxygens (including phenoxy) is 1. The molecule has 1 aliphatic rings. The van der Waals surface area contributed by atoms with Crippen molar-refractivity contribution < 1.29 is 19.0 Å². The molecule has 1 heterocycles. The van der Waals surface area contributed by atoms with Gasteiger partial charge in [0.15, 0.2) is 0 Å². The summed E-state index contributed by atoms with van der Waals surface area (Å²) in [5, 5.41) is 10.2. The van der Waals surface area contributed by atoms with Crippen molar-refractivity contribution in [2.24, 2.45) is 0 Å². The van der Waals surface area contributed by atoms with E-state index in [-0.39, 0.29) is 17.1 Å². The predicted octanol–water partition coefficient (Wildman–Crippen LogP) is 1.24. The van der Waals surface area contributed by atoms with Crippen molar-refractivity contribution in [2.75, 3.05) is 46.4 Å². The number of aliphatic hydroxyl groups excluding tert-OH is 1. The highest BCUT2D eigenvalue weighted by atomic mass is 35.5. The summed E-state index contributed by atoms with van der Waals surface area (Å²) in [6, 6.07) is 4.11. The highest BCUT2D eigenvalue weighted by Crippen LogP contribution is 2.20. The molecule has 1 saturated heterocycles. The quantitative estimate of drug-likeness (QED) is 0.882. The van der Waals surface area contributed by atoms with Crippen LogP contribution < -0.4 is 0 Å². The Balaban J connectivity index is 1.93. The van der Waals surface area contributed by atoms with E-state index in [0.717, 1.165) is 13.1 Å². The summed E-state index contributed by atoms with van der Waals surface area (Å²) < 4.78 is 19.0. The number of nitrogens with zero attached hydrogens (tertiary/aromatic N) is 2. The molecule has 1 atom stereocenters. The fourth-order valence-corrected chi connectivity index (χ4v) is 2.68. The van der Waals surface area contributed by atoms with Crippen LogP contribution in [0.3, 0.4) is 0 Å². The second kappa shape index (κ2) is 7.87. The molecule has 1 unspecified atom stereocenters. The van der Waals surface area contributed by atoms with E-state index in [1.807, 2.05) is 0 Å². The Hall–Kier alpha value is -1.21. The molecule has 0 radical (unpaired) electrons. The number of hydrogen-bond donors (Lipinski definition) is 1. The molecule has 1 aromatic carbocycles. The van der Waals surface area contributed by atoms with Crippen molar-refractivity contribution in [2.45, 2.75) is 6.10 Å². The molecule has 0 spiro atoms. The van der Waals surface area contributed by atoms with E-state index in [2.05, 4.69) is 4.90 Å². The van der Waals surface area contributed by atoms with Crippen LogP contribution >= 0.6 is 11.6 Å². The lowest BCUT2D eigenvalue weighted by Gasteiger charge is -2.30. The fourth-order valence-electron chi connectivity index (χ4n) is 2.43. The van der Waals surface area contributed by atoms with Crippen molar-refractivity contribution in [3.05, 3.63) is 34.6 Å². The van der Waals surface area contributed by atoms with Gasteiger partial charge in [-0.3, -0.25) is 9.69 Å². The van der Waals surface area contributed by atoms with Gasteiger partial charge in [0.25, 0.3) is 5.91 Å². The Morgan fingerprint density at radius 1 is 1.50 bits per heavy atom. The van der Waals surface area contributed by atoms with Gasteiger partial charge in [-0.05, 0) is 12.1 Å². The molecule has 0 aliphatic carbocycles. The molecule has 1 amide bonds. The summed E-state index contributed by atoms with van der Waals surface area (Å²) in [7, 11) is 1.52. The van der Waals surface area contributed by atoms with Gasteiger partial charge in [0, 0.05) is 33.2 Å². The Labute approximate surface area is 134 Å². The van der Waals surface area contributed by atoms with Crippen LogP contribution in [0.2, 0.25) is 5.02 Å². The number of carbonyl (C=O) groups is 1. The Morgan fingerprint density at radius 2 is 2.18 bits per heavy atom. The number of aliphatic hydroxyl groups is 1. The molecule has 0 bridgehead atoms. The summed E-state index contributed by atoms with van der Waals surface area (Å²) >= 11 is 5.89. The number of amides is 1. The second-order valence-electron chi connectivity index (χ2n) is 5.35. The van der Waals surface area contributed by atoms with Crippen LogP contribution in [0.4, 0.5) is 4.39 Å². The number of morpholine rings is 1. The average molecular weight is 331 g/mol. The van der Waals surface area contributed by atoms with E-state index in [1.54, 1.807) is 0 Å². The molecule has 1 N–H and O–H groups in total. The molecule has 2 rings (SSSR count). The average Bonchev–Trinajstić information content (AvgIpc) is 2.47. The van der Waals surface area contributed by atoms with Crippen molar-refractivity contribution in [3.63, 3.8) is 0 Å². The van der Waals surface area contributed by atoms with Crippen molar-refractivity contribution >= 4 is 17.5 Å². The first-order chi connectivity index (χ1) is 10.5. The highest BCUT2D eigenvalue weighted by Gasteiger charge is 2.22. The second-order valence-corrected chi connectivity index (χ2v) is 5.76. The molecule has 22 heavy (non-hydrogen) atoms. The van der Waals surface area contributed by atoms with Gasteiger partial charge in [0.1, 0.15) is 5.82 Å². The molecule has 7 heteroatoms. The van der Waals surface area contributed by atoms with Gasteiger partial charge in [-0.15, -0.1) is 0 Å². The Bertz CT molecular complexity index is 503. The van der Waals surface area contributed by atoms with Crippen molar-refractivity contribution in [1.29, 1.82) is 0 Å². The van der Waals surface area contributed by atoms with Gasteiger partial charge in [-0.1, -0.05) is 17.7 Å². The largest absolute Gasteiger partial charge is 0.390 e. The zero-order valence-electron chi connectivity index (χ0n) is 12.5. The number of β-amino-alcohol motifs (C(OH)–C–C–N with tert-alkyl or cyclic N) is 1. The molecule has 1 aromatic rings. The van der Waals surface area contributed by atoms with E-state index >= 15 is 0 Å². The Kier molecular flexibility index (Phi) is 6.14. The smallest absolute Gasteiger partial charge is 0.258 e. The standard InChI is InChI=1S/C15H20ClFN2O3/c1-18(9-11(20)10-19-5-7-22-8-6-19)15(21)14-12(16)3-2-4-13(14)17/h2-4,11,20H,5-10H2,1H3. The lowest BCUT2D eigenvalue weighted by molar-refractivity contribution is 0.00874. The van der Waals surface area contributed by atoms with Crippen LogP contribution in [0.25, 0.3) is 0 Å². The van der Waals surface area contributed by atoms with Crippen LogP contribution in [0, 0.1) is 5.82 Å². The van der Waals surface area contributed by atoms with E-state index < -0.39 is 17.8 Å². The van der Waals surface area contributed by atoms with E-state index in [1.165, 1.54) is 30.1 Å². The molecule has 0 aromatic heterocycles. The van der Waals surface area contributed by atoms with Crippen molar-refractivity contribution in [1.82, 2.24) is 9.80 Å². The number of rotatable bonds is 5. The normalized spacial score (nSPS) is 17.3. The maximum atomic E-state index is 13.8. The summed E-state index contributed by atoms with van der Waals surface area (Å²) in [6.07, 6.45) is -0.711. The number of halogens is 2. The van der Waals surface area contributed by atoms with Gasteiger partial charge in [-0.25, -0.2) is 4.39 Å². The third-order valence-corrected chi connectivity index (χ3v) is 3.90. The zero-order valence-corrected chi connectivity index (χ0v) is 13.2. The third-order valence-electron chi connectivity index (χ3n) is 3.58. The monoisotopic (exact) mass is 330 g/mol. The predicted molar refractivity (Wildman–Crippen MR) is 81.6 cm³/mol. The van der Waals surface area contributed by atoms with Crippen LogP contribution in [-0.4, -0.2) is 73.4 Å². The van der Waals surface area contributed by atoms with Crippen LogP contribution in [0.1, 0.15) is 10.4 Å². The summed E-state index contributed by atoms with van der Waals surface area (Å²) in [5.74, 6) is -1.20. The first-order valence-corrected chi connectivity index (χ1v) is 7.54. The molecule has 1 aliphatic heterocycles. The number of carbonyl (C=O) groups excluding carboxylic acids is 1. The first-order valence-electron chi connectivity index (χ1n) is 7.16. The summed E-state index contributed by atoms with van der Waals surface area (Å²) in [6.45, 7) is 3.37. The first kappa shape index (κ1) is 17.1. The minimum atomic E-state index is -0.711. The highest BCUT2D eigenvalue weighted by molar-refractivity contribution is 6.33. The molecule has 122 valence electrons. The van der Waals surface area contributed by atoms with Gasteiger partial charge in [0.05, 0.1) is 29.9 Å². The third kappa shape index (κ3) is 4.39. The zero-order chi connectivity index (χ0) is 16.1. The maximum Gasteiger partial charge on any atom is 0.258 e. The van der Waals surface area contributed by atoms with Gasteiger partial charge in [0.2, 0.25) is 0 Å². The lowest BCUT2D eigenvalue weighted by atomic mass is 10.1. The van der Waals surface area contributed by atoms with Gasteiger partial charge in [-0.2, -0.15) is 0 Å². The number of benzene rings is 1. The lowest BCUT2D eigenvalue weighted by Crippen LogP contribution is -2.45. The van der Waals surface area contributed by atoms with Crippen molar-refractivity contribution in [3.8, 4) is 0 Å². The number of hydrogen-bond acceptors (Lipinski definition) is 4. The van der Waals surface area contributed by atoms with Crippen LogP contribution in [-0.2, 0) is 4.74 Å². The molecule has 1 fully saturated rings. The summed E-state index contributed by atoms with van der Waals surface area (Å²) in [5.41, 5.74) is -0.162. The maximum absolute atomic E-state index is 13.8.